The fourth-order valence-corrected chi connectivity index (χ4v) is 4.89. The Bertz CT molecular complexity index is 1070. The predicted octanol–water partition coefficient (Wildman–Crippen LogP) is 3.91. The Labute approximate surface area is 173 Å². The lowest BCUT2D eigenvalue weighted by atomic mass is 9.89. The summed E-state index contributed by atoms with van der Waals surface area (Å²) in [5.41, 5.74) is 1.99. The number of carbonyl (C=O) groups is 2. The van der Waals surface area contributed by atoms with Crippen molar-refractivity contribution in [2.24, 2.45) is 0 Å². The van der Waals surface area contributed by atoms with Crippen LogP contribution in [-0.2, 0) is 4.79 Å². The molecule has 0 spiro atoms. The van der Waals surface area contributed by atoms with E-state index in [-0.39, 0.29) is 23.4 Å². The van der Waals surface area contributed by atoms with E-state index in [4.69, 9.17) is 4.42 Å². The van der Waals surface area contributed by atoms with Gasteiger partial charge < -0.3 is 19.2 Å². The zero-order valence-corrected chi connectivity index (χ0v) is 16.6. The van der Waals surface area contributed by atoms with Crippen molar-refractivity contribution in [1.29, 1.82) is 0 Å². The van der Waals surface area contributed by atoms with Crippen molar-refractivity contribution < 1.29 is 18.4 Å². The second-order valence-electron chi connectivity index (χ2n) is 8.17. The van der Waals surface area contributed by atoms with Crippen LogP contribution in [0, 0.1) is 5.82 Å². The molecule has 3 aromatic rings. The van der Waals surface area contributed by atoms with Crippen molar-refractivity contribution in [2.45, 2.75) is 37.6 Å². The number of hydrogen-bond acceptors (Lipinski definition) is 3. The minimum absolute atomic E-state index is 0.0341. The van der Waals surface area contributed by atoms with E-state index in [2.05, 4.69) is 4.98 Å². The van der Waals surface area contributed by atoms with E-state index in [1.807, 2.05) is 17.2 Å². The molecule has 2 saturated heterocycles. The van der Waals surface area contributed by atoms with Gasteiger partial charge in [-0.3, -0.25) is 9.59 Å². The molecule has 1 unspecified atom stereocenters. The van der Waals surface area contributed by atoms with Gasteiger partial charge in [0.2, 0.25) is 5.91 Å². The molecule has 7 heteroatoms. The van der Waals surface area contributed by atoms with Gasteiger partial charge in [-0.2, -0.15) is 0 Å². The average molecular weight is 409 g/mol. The number of furan rings is 1. The highest BCUT2D eigenvalue weighted by atomic mass is 19.1. The summed E-state index contributed by atoms with van der Waals surface area (Å²) in [4.78, 5) is 32.6. The van der Waals surface area contributed by atoms with Gasteiger partial charge in [-0.1, -0.05) is 0 Å². The van der Waals surface area contributed by atoms with Crippen LogP contribution in [0.25, 0.3) is 10.9 Å². The summed E-state index contributed by atoms with van der Waals surface area (Å²) in [7, 11) is 0. The van der Waals surface area contributed by atoms with Gasteiger partial charge in [-0.25, -0.2) is 4.39 Å². The van der Waals surface area contributed by atoms with Crippen LogP contribution < -0.4 is 0 Å². The molecule has 30 heavy (non-hydrogen) atoms. The number of amides is 2. The Kier molecular flexibility index (Phi) is 4.81. The first kappa shape index (κ1) is 18.9. The van der Waals surface area contributed by atoms with Crippen LogP contribution in [0.5, 0.6) is 0 Å². The number of piperidine rings is 1. The summed E-state index contributed by atoms with van der Waals surface area (Å²) < 4.78 is 18.7. The molecule has 5 rings (SSSR count). The fourth-order valence-electron chi connectivity index (χ4n) is 4.89. The van der Waals surface area contributed by atoms with Gasteiger partial charge in [0, 0.05) is 36.7 Å². The third-order valence-corrected chi connectivity index (χ3v) is 6.45. The first-order valence-corrected chi connectivity index (χ1v) is 10.5. The molecule has 1 aromatic carbocycles. The Balaban J connectivity index is 1.26. The van der Waals surface area contributed by atoms with Crippen LogP contribution in [0.3, 0.4) is 0 Å². The topological polar surface area (TPSA) is 69.6 Å². The molecule has 2 aromatic heterocycles. The summed E-state index contributed by atoms with van der Waals surface area (Å²) in [5, 5.41) is 1.05. The molecule has 0 saturated carbocycles. The predicted molar refractivity (Wildman–Crippen MR) is 110 cm³/mol. The number of fused-ring (bicyclic) bond motifs is 1. The minimum atomic E-state index is -0.407. The van der Waals surface area contributed by atoms with Gasteiger partial charge >= 0.3 is 0 Å². The highest BCUT2D eigenvalue weighted by molar-refractivity contribution is 5.96. The van der Waals surface area contributed by atoms with E-state index in [0.29, 0.717) is 32.0 Å². The molecule has 2 amide bonds. The lowest BCUT2D eigenvalue weighted by Crippen LogP contribution is -2.49. The number of rotatable bonds is 3. The highest BCUT2D eigenvalue weighted by Crippen LogP contribution is 2.34. The number of aromatic amines is 1. The number of aromatic nitrogens is 1. The Morgan fingerprint density at radius 1 is 1.10 bits per heavy atom. The van der Waals surface area contributed by atoms with E-state index >= 15 is 0 Å². The van der Waals surface area contributed by atoms with Crippen LogP contribution in [0.15, 0.2) is 47.2 Å². The SMILES string of the molecule is O=C(C1CCCN1C(=O)c1ccco1)N1CCC(c2c[nH]c3cc(F)ccc23)CC1. The van der Waals surface area contributed by atoms with Gasteiger partial charge in [0.25, 0.3) is 5.91 Å². The van der Waals surface area contributed by atoms with Crippen molar-refractivity contribution in [3.8, 4) is 0 Å². The number of carbonyl (C=O) groups excluding carboxylic acids is 2. The molecule has 2 aliphatic heterocycles. The van der Waals surface area contributed by atoms with Gasteiger partial charge in [0.15, 0.2) is 5.76 Å². The summed E-state index contributed by atoms with van der Waals surface area (Å²) in [6, 6.07) is 7.75. The van der Waals surface area contributed by atoms with Crippen molar-refractivity contribution >= 4 is 22.7 Å². The Morgan fingerprint density at radius 3 is 2.70 bits per heavy atom. The maximum atomic E-state index is 13.5. The zero-order chi connectivity index (χ0) is 20.7. The number of halogens is 1. The summed E-state index contributed by atoms with van der Waals surface area (Å²) in [6.45, 7) is 1.91. The monoisotopic (exact) mass is 409 g/mol. The summed E-state index contributed by atoms with van der Waals surface area (Å²) in [5.74, 6) is 0.187. The molecule has 6 nitrogen and oxygen atoms in total. The van der Waals surface area contributed by atoms with Crippen molar-refractivity contribution in [3.63, 3.8) is 0 Å². The van der Waals surface area contributed by atoms with E-state index in [1.165, 1.54) is 24.0 Å². The minimum Gasteiger partial charge on any atom is -0.459 e. The third kappa shape index (κ3) is 3.28. The molecule has 0 bridgehead atoms. The maximum Gasteiger partial charge on any atom is 0.290 e. The van der Waals surface area contributed by atoms with Crippen LogP contribution in [0.4, 0.5) is 4.39 Å². The van der Waals surface area contributed by atoms with Gasteiger partial charge in [-0.05, 0) is 67.5 Å². The van der Waals surface area contributed by atoms with E-state index in [9.17, 15) is 14.0 Å². The second-order valence-corrected chi connectivity index (χ2v) is 8.17. The summed E-state index contributed by atoms with van der Waals surface area (Å²) >= 11 is 0. The molecule has 0 aliphatic carbocycles. The number of nitrogens with one attached hydrogen (secondary N) is 1. The normalized spacial score (nSPS) is 20.2. The zero-order valence-electron chi connectivity index (χ0n) is 16.6. The molecule has 2 fully saturated rings. The van der Waals surface area contributed by atoms with E-state index in [0.717, 1.165) is 30.2 Å². The standard InChI is InChI=1S/C23H24FN3O3/c24-16-5-6-17-18(14-25-19(17)13-16)15-7-10-26(11-8-15)22(28)20-3-1-9-27(20)23(29)21-4-2-12-30-21/h2,4-6,12-15,20,25H,1,3,7-11H2. The largest absolute Gasteiger partial charge is 0.459 e. The number of nitrogens with zero attached hydrogens (tertiary/aromatic N) is 2. The van der Waals surface area contributed by atoms with Crippen LogP contribution in [0.1, 0.15) is 47.7 Å². The molecular formula is C23H24FN3O3. The highest BCUT2D eigenvalue weighted by Gasteiger charge is 2.38. The number of likely N-dealkylation sites (tertiary alicyclic amines) is 2. The Morgan fingerprint density at radius 2 is 1.93 bits per heavy atom. The Hall–Kier alpha value is -3.09. The van der Waals surface area contributed by atoms with Crippen LogP contribution >= 0.6 is 0 Å². The molecule has 1 N–H and O–H groups in total. The van der Waals surface area contributed by atoms with Gasteiger partial charge in [0.05, 0.1) is 6.26 Å². The van der Waals surface area contributed by atoms with Crippen LogP contribution in [0.2, 0.25) is 0 Å². The van der Waals surface area contributed by atoms with Crippen molar-refractivity contribution in [2.75, 3.05) is 19.6 Å². The first-order chi connectivity index (χ1) is 14.6. The summed E-state index contributed by atoms with van der Waals surface area (Å²) in [6.07, 6.45) is 6.67. The molecule has 4 heterocycles. The smallest absolute Gasteiger partial charge is 0.290 e. The molecule has 2 aliphatic rings. The molecular weight excluding hydrogens is 385 g/mol. The number of benzene rings is 1. The van der Waals surface area contributed by atoms with Crippen molar-refractivity contribution in [1.82, 2.24) is 14.8 Å². The number of H-pyrrole nitrogens is 1. The molecule has 0 radical (unpaired) electrons. The first-order valence-electron chi connectivity index (χ1n) is 10.5. The maximum absolute atomic E-state index is 13.5. The quantitative estimate of drug-likeness (QED) is 0.713. The van der Waals surface area contributed by atoms with Crippen molar-refractivity contribution in [3.05, 3.63) is 59.9 Å². The third-order valence-electron chi connectivity index (χ3n) is 6.45. The van der Waals surface area contributed by atoms with Gasteiger partial charge in [0.1, 0.15) is 11.9 Å². The molecule has 156 valence electrons. The molecule has 1 atom stereocenters. The average Bonchev–Trinajstić information content (AvgIpc) is 3.53. The second kappa shape index (κ2) is 7.63. The van der Waals surface area contributed by atoms with Gasteiger partial charge in [-0.15, -0.1) is 0 Å². The van der Waals surface area contributed by atoms with E-state index in [1.54, 1.807) is 17.0 Å². The number of hydrogen-bond donors (Lipinski definition) is 1. The fraction of sp³-hybridized carbons (Fsp3) is 0.391. The lowest BCUT2D eigenvalue weighted by molar-refractivity contribution is -0.136. The van der Waals surface area contributed by atoms with Crippen LogP contribution in [-0.4, -0.2) is 52.3 Å². The lowest BCUT2D eigenvalue weighted by Gasteiger charge is -2.35. The van der Waals surface area contributed by atoms with E-state index < -0.39 is 6.04 Å².